The molecule has 7 nitrogen and oxygen atoms in total. The molecule has 7 heteroatoms. The van der Waals surface area contributed by atoms with Crippen molar-refractivity contribution in [1.82, 2.24) is 14.3 Å². The highest BCUT2D eigenvalue weighted by Gasteiger charge is 2.27. The summed E-state index contributed by atoms with van der Waals surface area (Å²) in [7, 11) is 0. The summed E-state index contributed by atoms with van der Waals surface area (Å²) in [6.45, 7) is 0.248. The van der Waals surface area contributed by atoms with Crippen LogP contribution in [-0.2, 0) is 13.0 Å². The van der Waals surface area contributed by atoms with E-state index in [-0.39, 0.29) is 23.9 Å². The number of benzene rings is 2. The molecule has 2 aromatic carbocycles. The molecule has 174 valence electrons. The Hall–Kier alpha value is -3.92. The SMILES string of the molecule is C#CCCc1nn(C(=O)C2CCCCC2)c(=O)n1Cc1ccc(-c2ccccc2C(=O)O)cc1. The average molecular weight is 458 g/mol. The number of rotatable bonds is 7. The summed E-state index contributed by atoms with van der Waals surface area (Å²) in [5, 5.41) is 13.8. The Labute approximate surface area is 198 Å². The van der Waals surface area contributed by atoms with Gasteiger partial charge in [-0.3, -0.25) is 9.36 Å². The number of carbonyl (C=O) groups is 2. The van der Waals surface area contributed by atoms with Gasteiger partial charge >= 0.3 is 11.7 Å². The molecular weight excluding hydrogens is 430 g/mol. The van der Waals surface area contributed by atoms with Crippen LogP contribution < -0.4 is 5.69 Å². The molecule has 1 aromatic heterocycles. The van der Waals surface area contributed by atoms with Crippen molar-refractivity contribution in [1.29, 1.82) is 0 Å². The fourth-order valence-electron chi connectivity index (χ4n) is 4.52. The first-order valence-electron chi connectivity index (χ1n) is 11.6. The predicted molar refractivity (Wildman–Crippen MR) is 129 cm³/mol. The van der Waals surface area contributed by atoms with Gasteiger partial charge in [-0.05, 0) is 35.6 Å². The molecule has 0 radical (unpaired) electrons. The second-order valence-electron chi connectivity index (χ2n) is 8.62. The van der Waals surface area contributed by atoms with E-state index in [4.69, 9.17) is 6.42 Å². The van der Waals surface area contributed by atoms with Crippen molar-refractivity contribution in [2.45, 2.75) is 51.5 Å². The molecule has 0 spiro atoms. The molecule has 1 aliphatic rings. The lowest BCUT2D eigenvalue weighted by Gasteiger charge is -2.19. The van der Waals surface area contributed by atoms with Crippen LogP contribution in [0.2, 0.25) is 0 Å². The van der Waals surface area contributed by atoms with Crippen molar-refractivity contribution < 1.29 is 14.7 Å². The highest BCUT2D eigenvalue weighted by Crippen LogP contribution is 2.26. The monoisotopic (exact) mass is 457 g/mol. The standard InChI is InChI=1S/C27H27N3O4/c1-2-3-13-24-28-30(25(31)21-9-5-4-6-10-21)27(34)29(24)18-19-14-16-20(17-15-19)22-11-7-8-12-23(22)26(32)33/h1,7-8,11-12,14-17,21H,3-6,9-10,13,18H2,(H,32,33). The maximum atomic E-state index is 13.2. The van der Waals surface area contributed by atoms with Crippen LogP contribution in [0.1, 0.15) is 65.1 Å². The van der Waals surface area contributed by atoms with E-state index in [1.807, 2.05) is 24.3 Å². The Kier molecular flexibility index (Phi) is 7.07. The molecule has 1 heterocycles. The minimum atomic E-state index is -0.987. The first-order valence-corrected chi connectivity index (χ1v) is 11.6. The van der Waals surface area contributed by atoms with E-state index >= 15 is 0 Å². The van der Waals surface area contributed by atoms with E-state index in [2.05, 4.69) is 11.0 Å². The minimum absolute atomic E-state index is 0.163. The summed E-state index contributed by atoms with van der Waals surface area (Å²) in [5.74, 6) is 1.68. The van der Waals surface area contributed by atoms with E-state index in [0.717, 1.165) is 47.9 Å². The Bertz CT molecular complexity index is 1290. The Morgan fingerprint density at radius 1 is 1.06 bits per heavy atom. The quantitative estimate of drug-likeness (QED) is 0.536. The zero-order valence-electron chi connectivity index (χ0n) is 18.9. The van der Waals surface area contributed by atoms with Gasteiger partial charge in [-0.2, -0.15) is 0 Å². The second kappa shape index (κ2) is 10.3. The van der Waals surface area contributed by atoms with Gasteiger partial charge in [-0.1, -0.05) is 61.7 Å². The van der Waals surface area contributed by atoms with Gasteiger partial charge in [-0.15, -0.1) is 22.1 Å². The summed E-state index contributed by atoms with van der Waals surface area (Å²) in [6.07, 6.45) is 10.9. The second-order valence-corrected chi connectivity index (χ2v) is 8.62. The number of terminal acetylenes is 1. The van der Waals surface area contributed by atoms with E-state index in [0.29, 0.717) is 24.2 Å². The number of carboxylic acid groups (broad SMARTS) is 1. The van der Waals surface area contributed by atoms with Crippen LogP contribution in [0.5, 0.6) is 0 Å². The van der Waals surface area contributed by atoms with Gasteiger partial charge in [0.25, 0.3) is 5.91 Å². The van der Waals surface area contributed by atoms with Crippen LogP contribution in [0.25, 0.3) is 11.1 Å². The van der Waals surface area contributed by atoms with E-state index in [1.165, 1.54) is 4.57 Å². The largest absolute Gasteiger partial charge is 0.478 e. The van der Waals surface area contributed by atoms with Crippen molar-refractivity contribution in [2.75, 3.05) is 0 Å². The fourth-order valence-corrected chi connectivity index (χ4v) is 4.52. The first kappa shape index (κ1) is 23.2. The lowest BCUT2D eigenvalue weighted by Crippen LogP contribution is -2.35. The molecule has 0 atom stereocenters. The highest BCUT2D eigenvalue weighted by molar-refractivity contribution is 5.96. The molecule has 1 fully saturated rings. The van der Waals surface area contributed by atoms with Crippen LogP contribution >= 0.6 is 0 Å². The molecule has 34 heavy (non-hydrogen) atoms. The third kappa shape index (κ3) is 4.86. The Morgan fingerprint density at radius 3 is 2.44 bits per heavy atom. The van der Waals surface area contributed by atoms with Gasteiger partial charge in [0.15, 0.2) is 0 Å². The maximum absolute atomic E-state index is 13.2. The van der Waals surface area contributed by atoms with Crippen molar-refractivity contribution in [3.05, 3.63) is 76.0 Å². The number of hydrogen-bond acceptors (Lipinski definition) is 4. The van der Waals surface area contributed by atoms with Crippen LogP contribution in [0, 0.1) is 18.3 Å². The lowest BCUT2D eigenvalue weighted by atomic mass is 9.89. The number of carboxylic acids is 1. The molecule has 3 aromatic rings. The molecular formula is C27H27N3O4. The molecule has 4 rings (SSSR count). The van der Waals surface area contributed by atoms with Crippen molar-refractivity contribution in [3.8, 4) is 23.5 Å². The zero-order valence-corrected chi connectivity index (χ0v) is 18.9. The fraction of sp³-hybridized carbons (Fsp3) is 0.333. The summed E-state index contributed by atoms with van der Waals surface area (Å²) >= 11 is 0. The molecule has 0 bridgehead atoms. The maximum Gasteiger partial charge on any atom is 0.353 e. The van der Waals surface area contributed by atoms with Gasteiger partial charge in [-0.25, -0.2) is 9.59 Å². The van der Waals surface area contributed by atoms with Crippen molar-refractivity contribution in [2.24, 2.45) is 5.92 Å². The zero-order chi connectivity index (χ0) is 24.1. The van der Waals surface area contributed by atoms with Gasteiger partial charge < -0.3 is 5.11 Å². The third-order valence-corrected chi connectivity index (χ3v) is 6.36. The minimum Gasteiger partial charge on any atom is -0.478 e. The van der Waals surface area contributed by atoms with Gasteiger partial charge in [0.2, 0.25) is 0 Å². The van der Waals surface area contributed by atoms with Crippen molar-refractivity contribution in [3.63, 3.8) is 0 Å². The number of aryl methyl sites for hydroxylation is 1. The lowest BCUT2D eigenvalue weighted by molar-refractivity contribution is 0.0696. The van der Waals surface area contributed by atoms with Gasteiger partial charge in [0, 0.05) is 18.8 Å². The molecule has 1 N–H and O–H groups in total. The predicted octanol–water partition coefficient (Wildman–Crippen LogP) is 4.24. The molecule has 0 aliphatic heterocycles. The van der Waals surface area contributed by atoms with Gasteiger partial charge in [0.05, 0.1) is 12.1 Å². The van der Waals surface area contributed by atoms with Crippen LogP contribution in [0.4, 0.5) is 0 Å². The molecule has 0 unspecified atom stereocenters. The number of aromatic nitrogens is 3. The molecule has 1 saturated carbocycles. The summed E-state index contributed by atoms with van der Waals surface area (Å²) in [4.78, 5) is 37.7. The third-order valence-electron chi connectivity index (χ3n) is 6.36. The smallest absolute Gasteiger partial charge is 0.353 e. The van der Waals surface area contributed by atoms with Gasteiger partial charge in [0.1, 0.15) is 5.82 Å². The Morgan fingerprint density at radius 2 is 1.76 bits per heavy atom. The normalized spacial score (nSPS) is 14.0. The van der Waals surface area contributed by atoms with Crippen LogP contribution in [-0.4, -0.2) is 31.3 Å². The average Bonchev–Trinajstić information content (AvgIpc) is 3.18. The highest BCUT2D eigenvalue weighted by atomic mass is 16.4. The van der Waals surface area contributed by atoms with Crippen LogP contribution in [0.3, 0.4) is 0 Å². The first-order chi connectivity index (χ1) is 16.5. The number of aromatic carboxylic acids is 1. The topological polar surface area (TPSA) is 94.2 Å². The van der Waals surface area contributed by atoms with E-state index < -0.39 is 11.7 Å². The number of nitrogens with zero attached hydrogens (tertiary/aromatic N) is 3. The number of hydrogen-bond donors (Lipinski definition) is 1. The van der Waals surface area contributed by atoms with E-state index in [9.17, 15) is 19.5 Å². The Balaban J connectivity index is 1.62. The summed E-state index contributed by atoms with van der Waals surface area (Å²) in [6, 6.07) is 14.2. The number of carbonyl (C=O) groups excluding carboxylic acids is 1. The summed E-state index contributed by atoms with van der Waals surface area (Å²) < 4.78 is 2.54. The molecule has 0 saturated heterocycles. The molecule has 1 aliphatic carbocycles. The van der Waals surface area contributed by atoms with Crippen LogP contribution in [0.15, 0.2) is 53.3 Å². The molecule has 0 amide bonds. The van der Waals surface area contributed by atoms with E-state index in [1.54, 1.807) is 24.3 Å². The van der Waals surface area contributed by atoms with Crippen molar-refractivity contribution >= 4 is 11.9 Å². The summed E-state index contributed by atoms with van der Waals surface area (Å²) in [5.41, 5.74) is 2.02.